The maximum Gasteiger partial charge on any atom is 0.337 e. The molecule has 6 heteroatoms. The number of carbonyl (C=O) groups excluding carboxylic acids is 1. The molecule has 1 heterocycles. The van der Waals surface area contributed by atoms with Gasteiger partial charge in [-0.25, -0.2) is 4.79 Å². The highest BCUT2D eigenvalue weighted by atomic mass is 79.9. The number of carbonyl (C=O) groups is 2. The van der Waals surface area contributed by atoms with Crippen molar-refractivity contribution in [2.24, 2.45) is 0 Å². The Hall–Kier alpha value is -0.880. The van der Waals surface area contributed by atoms with Gasteiger partial charge in [-0.15, -0.1) is 0 Å². The van der Waals surface area contributed by atoms with Crippen LogP contribution in [-0.2, 0) is 4.79 Å². The van der Waals surface area contributed by atoms with Gasteiger partial charge in [-0.1, -0.05) is 15.9 Å². The first-order chi connectivity index (χ1) is 8.00. The molecule has 0 spiro atoms. The number of anilines is 1. The number of carboxylic acids is 1. The van der Waals surface area contributed by atoms with Crippen LogP contribution in [0.25, 0.3) is 0 Å². The summed E-state index contributed by atoms with van der Waals surface area (Å²) in [7, 11) is 0. The largest absolute Gasteiger partial charge is 0.478 e. The van der Waals surface area contributed by atoms with E-state index in [1.807, 2.05) is 0 Å². The number of aromatic carboxylic acids is 1. The summed E-state index contributed by atoms with van der Waals surface area (Å²) in [4.78, 5) is 24.4. The van der Waals surface area contributed by atoms with Crippen LogP contribution in [0.3, 0.4) is 0 Å². The number of benzene rings is 1. The molecule has 17 heavy (non-hydrogen) atoms. The zero-order valence-corrected chi connectivity index (χ0v) is 11.9. The third-order valence-electron chi connectivity index (χ3n) is 2.60. The molecule has 1 aromatic carbocycles. The molecule has 1 aromatic rings. The van der Waals surface area contributed by atoms with Gasteiger partial charge in [0, 0.05) is 21.9 Å². The van der Waals surface area contributed by atoms with Gasteiger partial charge in [0.15, 0.2) is 0 Å². The van der Waals surface area contributed by atoms with Crippen LogP contribution >= 0.6 is 31.9 Å². The lowest BCUT2D eigenvalue weighted by molar-refractivity contribution is -0.117. The molecule has 2 rings (SSSR count). The highest BCUT2D eigenvalue weighted by molar-refractivity contribution is 9.11. The lowest BCUT2D eigenvalue weighted by Gasteiger charge is -2.20. The average molecular weight is 363 g/mol. The second kappa shape index (κ2) is 4.78. The standard InChI is InChI=1S/C11H9Br2NO3/c12-6-4-7(11(16)17)10(8(13)5-6)14-3-1-2-9(14)15/h4-5H,1-3H2,(H,16,17). The third-order valence-corrected chi connectivity index (χ3v) is 3.66. The Morgan fingerprint density at radius 2 is 2.06 bits per heavy atom. The predicted molar refractivity (Wildman–Crippen MR) is 70.4 cm³/mol. The lowest BCUT2D eigenvalue weighted by Crippen LogP contribution is -2.26. The van der Waals surface area contributed by atoms with Crippen LogP contribution < -0.4 is 4.90 Å². The van der Waals surface area contributed by atoms with E-state index >= 15 is 0 Å². The molecule has 0 unspecified atom stereocenters. The number of hydrogen-bond donors (Lipinski definition) is 1. The van der Waals surface area contributed by atoms with Gasteiger partial charge >= 0.3 is 5.97 Å². The molecule has 4 nitrogen and oxygen atoms in total. The van der Waals surface area contributed by atoms with E-state index in [-0.39, 0.29) is 11.5 Å². The fourth-order valence-corrected chi connectivity index (χ4v) is 3.33. The van der Waals surface area contributed by atoms with Crippen LogP contribution in [0.2, 0.25) is 0 Å². The minimum Gasteiger partial charge on any atom is -0.478 e. The summed E-state index contributed by atoms with van der Waals surface area (Å²) < 4.78 is 1.27. The van der Waals surface area contributed by atoms with E-state index < -0.39 is 5.97 Å². The minimum atomic E-state index is -1.04. The van der Waals surface area contributed by atoms with Crippen LogP contribution in [-0.4, -0.2) is 23.5 Å². The van der Waals surface area contributed by atoms with E-state index in [0.717, 1.165) is 6.42 Å². The number of carboxylic acid groups (broad SMARTS) is 1. The topological polar surface area (TPSA) is 57.6 Å². The van der Waals surface area contributed by atoms with E-state index in [1.54, 1.807) is 6.07 Å². The zero-order valence-electron chi connectivity index (χ0n) is 8.74. The molecule has 1 amide bonds. The third kappa shape index (κ3) is 2.37. The highest BCUT2D eigenvalue weighted by Crippen LogP contribution is 2.35. The van der Waals surface area contributed by atoms with Crippen molar-refractivity contribution in [2.75, 3.05) is 11.4 Å². The molecule has 0 radical (unpaired) electrons. The number of nitrogens with zero attached hydrogens (tertiary/aromatic N) is 1. The first-order valence-corrected chi connectivity index (χ1v) is 6.62. The van der Waals surface area contributed by atoms with Crippen LogP contribution in [0.5, 0.6) is 0 Å². The Morgan fingerprint density at radius 1 is 1.35 bits per heavy atom. The summed E-state index contributed by atoms with van der Waals surface area (Å²) in [6.45, 7) is 0.569. The summed E-state index contributed by atoms with van der Waals surface area (Å²) >= 11 is 6.56. The van der Waals surface area contributed by atoms with Crippen LogP contribution in [0.4, 0.5) is 5.69 Å². The molecule has 1 fully saturated rings. The van der Waals surface area contributed by atoms with Gasteiger partial charge in [0.2, 0.25) is 5.91 Å². The van der Waals surface area contributed by atoms with Crippen molar-refractivity contribution in [2.45, 2.75) is 12.8 Å². The molecule has 1 N–H and O–H groups in total. The summed E-state index contributed by atoms with van der Waals surface area (Å²) in [5.41, 5.74) is 0.574. The molecular formula is C11H9Br2NO3. The Balaban J connectivity index is 2.58. The highest BCUT2D eigenvalue weighted by Gasteiger charge is 2.28. The van der Waals surface area contributed by atoms with Gasteiger partial charge in [0.1, 0.15) is 0 Å². The Kier molecular flexibility index (Phi) is 3.53. The normalized spacial score (nSPS) is 15.4. The van der Waals surface area contributed by atoms with Gasteiger partial charge in [0.25, 0.3) is 0 Å². The Labute approximate surface area is 115 Å². The molecule has 0 saturated carbocycles. The monoisotopic (exact) mass is 361 g/mol. The van der Waals surface area contributed by atoms with Crippen molar-refractivity contribution in [1.82, 2.24) is 0 Å². The van der Waals surface area contributed by atoms with Gasteiger partial charge in [-0.2, -0.15) is 0 Å². The molecule has 1 aliphatic rings. The fraction of sp³-hybridized carbons (Fsp3) is 0.273. The molecule has 90 valence electrons. The van der Waals surface area contributed by atoms with Crippen molar-refractivity contribution in [1.29, 1.82) is 0 Å². The quantitative estimate of drug-likeness (QED) is 0.879. The summed E-state index contributed by atoms with van der Waals surface area (Å²) in [5, 5.41) is 9.18. The van der Waals surface area contributed by atoms with Gasteiger partial charge in [-0.3, -0.25) is 4.79 Å². The van der Waals surface area contributed by atoms with E-state index in [9.17, 15) is 14.7 Å². The van der Waals surface area contributed by atoms with Crippen molar-refractivity contribution in [3.63, 3.8) is 0 Å². The molecule has 1 saturated heterocycles. The second-order valence-electron chi connectivity index (χ2n) is 3.74. The summed E-state index contributed by atoms with van der Waals surface area (Å²) in [6, 6.07) is 3.25. The lowest BCUT2D eigenvalue weighted by atomic mass is 10.1. The number of rotatable bonds is 2. The molecule has 0 aliphatic carbocycles. The number of amides is 1. The smallest absolute Gasteiger partial charge is 0.337 e. The number of halogens is 2. The summed E-state index contributed by atoms with van der Waals surface area (Å²) in [5.74, 6) is -1.07. The molecular weight excluding hydrogens is 354 g/mol. The maximum absolute atomic E-state index is 11.7. The first-order valence-electron chi connectivity index (χ1n) is 5.03. The van der Waals surface area contributed by atoms with Gasteiger partial charge in [-0.05, 0) is 34.5 Å². The van der Waals surface area contributed by atoms with Crippen molar-refractivity contribution < 1.29 is 14.7 Å². The van der Waals surface area contributed by atoms with Crippen molar-refractivity contribution >= 4 is 49.4 Å². The molecule has 1 aliphatic heterocycles. The van der Waals surface area contributed by atoms with Crippen LogP contribution in [0.1, 0.15) is 23.2 Å². The average Bonchev–Trinajstić information content (AvgIpc) is 2.63. The molecule has 0 bridgehead atoms. The van der Waals surface area contributed by atoms with E-state index in [0.29, 0.717) is 27.6 Å². The minimum absolute atomic E-state index is 0.0319. The summed E-state index contributed by atoms with van der Waals surface area (Å²) in [6.07, 6.45) is 1.24. The zero-order chi connectivity index (χ0) is 12.6. The predicted octanol–water partition coefficient (Wildman–Crippen LogP) is 3.04. The van der Waals surface area contributed by atoms with E-state index in [4.69, 9.17) is 0 Å². The molecule has 0 aromatic heterocycles. The number of hydrogen-bond acceptors (Lipinski definition) is 2. The van der Waals surface area contributed by atoms with Crippen LogP contribution in [0, 0.1) is 0 Å². The fourth-order valence-electron chi connectivity index (χ4n) is 1.89. The van der Waals surface area contributed by atoms with Crippen LogP contribution in [0.15, 0.2) is 21.1 Å². The first kappa shape index (κ1) is 12.6. The van der Waals surface area contributed by atoms with Gasteiger partial charge in [0.05, 0.1) is 11.3 Å². The van der Waals surface area contributed by atoms with E-state index in [1.165, 1.54) is 11.0 Å². The Bertz CT molecular complexity index is 502. The van der Waals surface area contributed by atoms with Crippen molar-refractivity contribution in [3.05, 3.63) is 26.6 Å². The van der Waals surface area contributed by atoms with E-state index in [2.05, 4.69) is 31.9 Å². The Morgan fingerprint density at radius 3 is 2.59 bits per heavy atom. The van der Waals surface area contributed by atoms with Gasteiger partial charge < -0.3 is 10.0 Å². The SMILES string of the molecule is O=C(O)c1cc(Br)cc(Br)c1N1CCCC1=O. The van der Waals surface area contributed by atoms with Crippen molar-refractivity contribution in [3.8, 4) is 0 Å². The maximum atomic E-state index is 11.7. The second-order valence-corrected chi connectivity index (χ2v) is 5.51. The molecule has 0 atom stereocenters.